The van der Waals surface area contributed by atoms with Gasteiger partial charge in [-0.3, -0.25) is 4.84 Å². The lowest BCUT2D eigenvalue weighted by Gasteiger charge is -2.14. The van der Waals surface area contributed by atoms with Crippen LogP contribution in [-0.4, -0.2) is 39.6 Å². The lowest BCUT2D eigenvalue weighted by atomic mass is 10.2. The molecule has 0 radical (unpaired) electrons. The highest BCUT2D eigenvalue weighted by molar-refractivity contribution is 7.89. The van der Waals surface area contributed by atoms with E-state index in [1.807, 2.05) is 6.07 Å². The lowest BCUT2D eigenvalue weighted by molar-refractivity contribution is 0.0756. The summed E-state index contributed by atoms with van der Waals surface area (Å²) in [5, 5.41) is 8.91. The third-order valence-electron chi connectivity index (χ3n) is 3.17. The third-order valence-corrected chi connectivity index (χ3v) is 4.45. The fraction of sp³-hybridized carbons (Fsp3) is 0.462. The second-order valence-corrected chi connectivity index (χ2v) is 6.21. The average molecular weight is 295 g/mol. The van der Waals surface area contributed by atoms with Gasteiger partial charge in [0.25, 0.3) is 10.0 Å². The second kappa shape index (κ2) is 6.81. The fourth-order valence-electron chi connectivity index (χ4n) is 2.14. The van der Waals surface area contributed by atoms with Crippen LogP contribution in [0, 0.1) is 11.3 Å². The van der Waals surface area contributed by atoms with Crippen LogP contribution < -0.4 is 4.89 Å². The van der Waals surface area contributed by atoms with Gasteiger partial charge in [-0.1, -0.05) is 17.0 Å². The van der Waals surface area contributed by atoms with E-state index in [1.54, 1.807) is 12.1 Å². The quantitative estimate of drug-likeness (QED) is 0.622. The van der Waals surface area contributed by atoms with Crippen LogP contribution in [0.2, 0.25) is 0 Å². The van der Waals surface area contributed by atoms with E-state index in [0.29, 0.717) is 6.54 Å². The maximum atomic E-state index is 12.0. The first-order valence-corrected chi connectivity index (χ1v) is 7.97. The van der Waals surface area contributed by atoms with Crippen molar-refractivity contribution < 1.29 is 13.3 Å². The van der Waals surface area contributed by atoms with E-state index in [4.69, 9.17) is 10.1 Å². The van der Waals surface area contributed by atoms with E-state index in [-0.39, 0.29) is 17.1 Å². The Kier molecular flexibility index (Phi) is 5.09. The van der Waals surface area contributed by atoms with Crippen molar-refractivity contribution in [2.75, 3.05) is 26.2 Å². The van der Waals surface area contributed by atoms with Crippen LogP contribution in [0.4, 0.5) is 0 Å². The molecule has 1 N–H and O–H groups in total. The predicted molar refractivity (Wildman–Crippen MR) is 73.1 cm³/mol. The molecule has 108 valence electrons. The van der Waals surface area contributed by atoms with Crippen molar-refractivity contribution in [1.29, 1.82) is 5.26 Å². The molecule has 0 atom stereocenters. The van der Waals surface area contributed by atoms with E-state index < -0.39 is 10.0 Å². The van der Waals surface area contributed by atoms with Crippen LogP contribution >= 0.6 is 0 Å². The number of likely N-dealkylation sites (tertiary alicyclic amines) is 1. The first-order chi connectivity index (χ1) is 9.63. The number of hydrogen-bond acceptors (Lipinski definition) is 5. The fourth-order valence-corrected chi connectivity index (χ4v) is 3.13. The summed E-state index contributed by atoms with van der Waals surface area (Å²) in [4.78, 5) is 9.25. The highest BCUT2D eigenvalue weighted by atomic mass is 32.2. The molecule has 1 fully saturated rings. The van der Waals surface area contributed by atoms with Gasteiger partial charge >= 0.3 is 0 Å². The SMILES string of the molecule is N#Cc1ccccc1S(=O)(=O)NOCCN1CCCC1. The first-order valence-electron chi connectivity index (χ1n) is 6.48. The number of nitriles is 1. The van der Waals surface area contributed by atoms with Gasteiger partial charge in [-0.25, -0.2) is 8.42 Å². The highest BCUT2D eigenvalue weighted by Crippen LogP contribution is 2.14. The van der Waals surface area contributed by atoms with Crippen LogP contribution in [0.15, 0.2) is 29.2 Å². The number of hydrogen-bond donors (Lipinski definition) is 1. The molecule has 7 heteroatoms. The largest absolute Gasteiger partial charge is 0.301 e. The zero-order valence-corrected chi connectivity index (χ0v) is 11.9. The van der Waals surface area contributed by atoms with E-state index in [2.05, 4.69) is 9.79 Å². The molecule has 2 rings (SSSR count). The van der Waals surface area contributed by atoms with Crippen molar-refractivity contribution in [3.05, 3.63) is 29.8 Å². The predicted octanol–water partition coefficient (Wildman–Crippen LogP) is 0.864. The second-order valence-electron chi connectivity index (χ2n) is 4.59. The van der Waals surface area contributed by atoms with Crippen LogP contribution in [0.3, 0.4) is 0 Å². The Morgan fingerprint density at radius 1 is 1.30 bits per heavy atom. The summed E-state index contributed by atoms with van der Waals surface area (Å²) >= 11 is 0. The zero-order valence-electron chi connectivity index (χ0n) is 11.1. The lowest BCUT2D eigenvalue weighted by Crippen LogP contribution is -2.30. The summed E-state index contributed by atoms with van der Waals surface area (Å²) in [7, 11) is -3.81. The molecule has 1 saturated heterocycles. The van der Waals surface area contributed by atoms with Gasteiger partial charge in [0.15, 0.2) is 0 Å². The molecule has 1 aliphatic heterocycles. The molecule has 20 heavy (non-hydrogen) atoms. The number of nitrogens with zero attached hydrogens (tertiary/aromatic N) is 2. The molecule has 0 unspecified atom stereocenters. The van der Waals surface area contributed by atoms with E-state index in [0.717, 1.165) is 13.1 Å². The normalized spacial score (nSPS) is 16.1. The maximum Gasteiger partial charge on any atom is 0.263 e. The average Bonchev–Trinajstić information content (AvgIpc) is 2.97. The topological polar surface area (TPSA) is 82.4 Å². The Bertz CT molecular complexity index is 589. The first kappa shape index (κ1) is 14.9. The van der Waals surface area contributed by atoms with E-state index in [1.165, 1.54) is 25.0 Å². The van der Waals surface area contributed by atoms with Gasteiger partial charge in [-0.05, 0) is 38.1 Å². The van der Waals surface area contributed by atoms with Crippen molar-refractivity contribution in [3.8, 4) is 6.07 Å². The van der Waals surface area contributed by atoms with Gasteiger partial charge in [0.1, 0.15) is 11.0 Å². The molecule has 0 amide bonds. The smallest absolute Gasteiger partial charge is 0.263 e. The van der Waals surface area contributed by atoms with Crippen LogP contribution in [0.25, 0.3) is 0 Å². The Balaban J connectivity index is 1.89. The Hall–Kier alpha value is -1.46. The molecule has 1 aromatic carbocycles. The number of rotatable bonds is 6. The van der Waals surface area contributed by atoms with Gasteiger partial charge in [-0.15, -0.1) is 0 Å². The molecule has 6 nitrogen and oxygen atoms in total. The van der Waals surface area contributed by atoms with Crippen molar-refractivity contribution >= 4 is 10.0 Å². The highest BCUT2D eigenvalue weighted by Gasteiger charge is 2.18. The van der Waals surface area contributed by atoms with E-state index in [9.17, 15) is 8.42 Å². The molecule has 1 aromatic rings. The number of benzene rings is 1. The molecule has 0 saturated carbocycles. The Morgan fingerprint density at radius 3 is 2.70 bits per heavy atom. The zero-order chi connectivity index (χ0) is 14.4. The van der Waals surface area contributed by atoms with Gasteiger partial charge in [0.05, 0.1) is 12.2 Å². The van der Waals surface area contributed by atoms with E-state index >= 15 is 0 Å². The molecule has 1 aliphatic rings. The summed E-state index contributed by atoms with van der Waals surface area (Å²) in [6, 6.07) is 7.88. The van der Waals surface area contributed by atoms with Gasteiger partial charge in [-0.2, -0.15) is 5.26 Å². The van der Waals surface area contributed by atoms with Crippen molar-refractivity contribution in [1.82, 2.24) is 9.79 Å². The molecule has 0 spiro atoms. The molecule has 0 aliphatic carbocycles. The molecule has 0 bridgehead atoms. The maximum absolute atomic E-state index is 12.0. The molecule has 0 aromatic heterocycles. The minimum atomic E-state index is -3.81. The van der Waals surface area contributed by atoms with Crippen LogP contribution in [0.1, 0.15) is 18.4 Å². The van der Waals surface area contributed by atoms with Crippen LogP contribution in [0.5, 0.6) is 0 Å². The third kappa shape index (κ3) is 3.77. The van der Waals surface area contributed by atoms with Gasteiger partial charge in [0, 0.05) is 6.54 Å². The Morgan fingerprint density at radius 2 is 2.00 bits per heavy atom. The molecular formula is C13H17N3O3S. The van der Waals surface area contributed by atoms with Crippen LogP contribution in [-0.2, 0) is 14.9 Å². The van der Waals surface area contributed by atoms with Crippen molar-refractivity contribution in [2.45, 2.75) is 17.7 Å². The summed E-state index contributed by atoms with van der Waals surface area (Å²) in [5.41, 5.74) is 0.100. The van der Waals surface area contributed by atoms with Crippen molar-refractivity contribution in [3.63, 3.8) is 0 Å². The summed E-state index contributed by atoms with van der Waals surface area (Å²) < 4.78 is 24.0. The standard InChI is InChI=1S/C13H17N3O3S/c14-11-12-5-1-2-6-13(12)20(17,18)15-19-10-9-16-7-3-4-8-16/h1-2,5-6,15H,3-4,7-10H2. The number of sulfonamides is 1. The minimum absolute atomic E-state index is 0.0660. The van der Waals surface area contributed by atoms with Gasteiger partial charge in [0.2, 0.25) is 0 Å². The molecular weight excluding hydrogens is 278 g/mol. The molecule has 1 heterocycles. The summed E-state index contributed by atoms with van der Waals surface area (Å²) in [6.07, 6.45) is 2.36. The number of nitrogens with one attached hydrogen (secondary N) is 1. The minimum Gasteiger partial charge on any atom is -0.301 e. The van der Waals surface area contributed by atoms with Crippen molar-refractivity contribution in [2.24, 2.45) is 0 Å². The monoisotopic (exact) mass is 295 g/mol. The Labute approximate surface area is 119 Å². The summed E-state index contributed by atoms with van der Waals surface area (Å²) in [5.74, 6) is 0. The summed E-state index contributed by atoms with van der Waals surface area (Å²) in [6.45, 7) is 3.05. The van der Waals surface area contributed by atoms with Gasteiger partial charge < -0.3 is 4.90 Å².